The first kappa shape index (κ1) is 18.2. The van der Waals surface area contributed by atoms with E-state index in [9.17, 15) is 9.18 Å². The van der Waals surface area contributed by atoms with Crippen LogP contribution in [0.15, 0.2) is 47.8 Å². The zero-order chi connectivity index (χ0) is 19.5. The van der Waals surface area contributed by atoms with E-state index in [0.29, 0.717) is 28.0 Å². The lowest BCUT2D eigenvalue weighted by molar-refractivity contribution is 0.0935. The maximum atomic E-state index is 12.9. The van der Waals surface area contributed by atoms with Crippen molar-refractivity contribution < 1.29 is 23.4 Å². The molecule has 0 saturated heterocycles. The van der Waals surface area contributed by atoms with E-state index in [1.807, 2.05) is 25.1 Å². The molecule has 3 aromatic rings. The van der Waals surface area contributed by atoms with Crippen molar-refractivity contribution in [3.05, 3.63) is 69.9 Å². The van der Waals surface area contributed by atoms with E-state index in [4.69, 9.17) is 14.2 Å². The Balaban J connectivity index is 1.35. The van der Waals surface area contributed by atoms with E-state index in [0.717, 1.165) is 5.56 Å². The highest BCUT2D eigenvalue weighted by atomic mass is 32.1. The predicted octanol–water partition coefficient (Wildman–Crippen LogP) is 4.08. The van der Waals surface area contributed by atoms with Gasteiger partial charge in [-0.2, -0.15) is 0 Å². The fraction of sp³-hybridized carbons (Fsp3) is 0.200. The molecule has 1 aromatic heterocycles. The minimum absolute atomic E-state index is 0.209. The van der Waals surface area contributed by atoms with Crippen molar-refractivity contribution in [2.75, 3.05) is 6.79 Å². The third-order valence-corrected chi connectivity index (χ3v) is 5.03. The maximum absolute atomic E-state index is 12.9. The average Bonchev–Trinajstić information content (AvgIpc) is 3.36. The molecule has 0 aliphatic carbocycles. The Kier molecular flexibility index (Phi) is 5.12. The van der Waals surface area contributed by atoms with Crippen molar-refractivity contribution in [3.63, 3.8) is 0 Å². The lowest BCUT2D eigenvalue weighted by atomic mass is 10.1. The summed E-state index contributed by atoms with van der Waals surface area (Å²) in [5.74, 6) is 1.32. The van der Waals surface area contributed by atoms with Crippen LogP contribution < -0.4 is 19.5 Å². The molecule has 0 spiro atoms. The van der Waals surface area contributed by atoms with Gasteiger partial charge in [0, 0.05) is 5.38 Å². The quantitative estimate of drug-likeness (QED) is 0.675. The van der Waals surface area contributed by atoms with Crippen molar-refractivity contribution in [1.29, 1.82) is 0 Å². The molecule has 4 rings (SSSR count). The highest BCUT2D eigenvalue weighted by Crippen LogP contribution is 2.34. The fourth-order valence-corrected chi connectivity index (χ4v) is 3.38. The number of rotatable bonds is 6. The number of benzene rings is 2. The number of nitrogens with zero attached hydrogens (tertiary/aromatic N) is 1. The number of thiazole rings is 1. The Bertz CT molecular complexity index is 990. The highest BCUT2D eigenvalue weighted by Gasteiger charge is 2.18. The zero-order valence-corrected chi connectivity index (χ0v) is 15.8. The van der Waals surface area contributed by atoms with Gasteiger partial charge in [0.1, 0.15) is 28.9 Å². The van der Waals surface area contributed by atoms with Crippen LogP contribution in [0.25, 0.3) is 0 Å². The lowest BCUT2D eigenvalue weighted by Gasteiger charge is -2.14. The van der Waals surface area contributed by atoms with E-state index in [1.54, 1.807) is 17.5 Å². The van der Waals surface area contributed by atoms with Gasteiger partial charge in [0.15, 0.2) is 11.5 Å². The largest absolute Gasteiger partial charge is 0.486 e. The Morgan fingerprint density at radius 3 is 2.86 bits per heavy atom. The Hall–Kier alpha value is -3.13. The zero-order valence-electron chi connectivity index (χ0n) is 15.0. The number of ether oxygens (including phenoxy) is 3. The number of hydrogen-bond acceptors (Lipinski definition) is 6. The van der Waals surface area contributed by atoms with Crippen LogP contribution in [-0.4, -0.2) is 17.7 Å². The molecule has 0 saturated carbocycles. The second-order valence-electron chi connectivity index (χ2n) is 6.18. The van der Waals surface area contributed by atoms with Crippen LogP contribution in [0, 0.1) is 5.82 Å². The normalized spacial score (nSPS) is 13.2. The third-order valence-electron chi connectivity index (χ3n) is 4.20. The summed E-state index contributed by atoms with van der Waals surface area (Å²) in [5, 5.41) is 5.27. The van der Waals surface area contributed by atoms with Crippen LogP contribution in [0.3, 0.4) is 0 Å². The van der Waals surface area contributed by atoms with Crippen molar-refractivity contribution in [3.8, 4) is 17.2 Å². The van der Waals surface area contributed by atoms with Gasteiger partial charge < -0.3 is 19.5 Å². The van der Waals surface area contributed by atoms with Crippen LogP contribution in [0.1, 0.15) is 34.0 Å². The van der Waals surface area contributed by atoms with E-state index in [-0.39, 0.29) is 31.2 Å². The number of carbonyl (C=O) groups excluding carboxylic acids is 1. The van der Waals surface area contributed by atoms with Gasteiger partial charge in [-0.3, -0.25) is 4.79 Å². The van der Waals surface area contributed by atoms with Crippen LogP contribution >= 0.6 is 11.3 Å². The summed E-state index contributed by atoms with van der Waals surface area (Å²) >= 11 is 1.33. The fourth-order valence-electron chi connectivity index (χ4n) is 2.69. The Labute approximate surface area is 164 Å². The number of halogens is 1. The summed E-state index contributed by atoms with van der Waals surface area (Å²) < 4.78 is 29.1. The smallest absolute Gasteiger partial charge is 0.271 e. The molecule has 144 valence electrons. The molecule has 0 fully saturated rings. The van der Waals surface area contributed by atoms with Gasteiger partial charge in [-0.15, -0.1) is 11.3 Å². The Morgan fingerprint density at radius 1 is 1.25 bits per heavy atom. The van der Waals surface area contributed by atoms with Crippen molar-refractivity contribution >= 4 is 17.2 Å². The standard InChI is InChI=1S/C20H17FN2O4S/c1-12(13-2-7-17-18(8-13)27-11-26-17)22-20(24)16-10-28-19(23-16)9-25-15-5-3-14(21)4-6-15/h2-8,10,12H,9,11H2,1H3,(H,22,24)/t12-/m1/s1. The summed E-state index contributed by atoms with van der Waals surface area (Å²) in [5.41, 5.74) is 1.24. The third kappa shape index (κ3) is 4.07. The average molecular weight is 400 g/mol. The van der Waals surface area contributed by atoms with Crippen LogP contribution in [0.5, 0.6) is 17.2 Å². The van der Waals surface area contributed by atoms with Crippen LogP contribution in [0.4, 0.5) is 4.39 Å². The minimum atomic E-state index is -0.322. The first-order valence-electron chi connectivity index (χ1n) is 8.61. The highest BCUT2D eigenvalue weighted by molar-refractivity contribution is 7.09. The molecule has 0 radical (unpaired) electrons. The number of fused-ring (bicyclic) bond motifs is 1. The maximum Gasteiger partial charge on any atom is 0.271 e. The summed E-state index contributed by atoms with van der Waals surface area (Å²) in [7, 11) is 0. The first-order valence-corrected chi connectivity index (χ1v) is 9.49. The van der Waals surface area contributed by atoms with E-state index >= 15 is 0 Å². The molecule has 6 nitrogen and oxygen atoms in total. The van der Waals surface area contributed by atoms with Crippen molar-refractivity contribution in [2.24, 2.45) is 0 Å². The lowest BCUT2D eigenvalue weighted by Crippen LogP contribution is -2.27. The SMILES string of the molecule is C[C@@H](NC(=O)c1csc(COc2ccc(F)cc2)n1)c1ccc2c(c1)OCO2. The summed E-state index contributed by atoms with van der Waals surface area (Å²) in [6.45, 7) is 2.31. The van der Waals surface area contributed by atoms with E-state index in [2.05, 4.69) is 10.3 Å². The van der Waals surface area contributed by atoms with Crippen molar-refractivity contribution in [1.82, 2.24) is 10.3 Å². The number of aromatic nitrogens is 1. The van der Waals surface area contributed by atoms with Gasteiger partial charge in [-0.25, -0.2) is 9.37 Å². The molecular weight excluding hydrogens is 383 g/mol. The second kappa shape index (κ2) is 7.85. The summed E-state index contributed by atoms with van der Waals surface area (Å²) in [6.07, 6.45) is 0. The second-order valence-corrected chi connectivity index (χ2v) is 7.12. The molecule has 28 heavy (non-hydrogen) atoms. The van der Waals surface area contributed by atoms with Crippen LogP contribution in [-0.2, 0) is 6.61 Å². The minimum Gasteiger partial charge on any atom is -0.486 e. The topological polar surface area (TPSA) is 69.7 Å². The van der Waals surface area contributed by atoms with Gasteiger partial charge in [0.05, 0.1) is 6.04 Å². The van der Waals surface area contributed by atoms with Crippen molar-refractivity contribution in [2.45, 2.75) is 19.6 Å². The molecule has 2 aromatic carbocycles. The molecule has 1 amide bonds. The van der Waals surface area contributed by atoms with Gasteiger partial charge in [0.25, 0.3) is 5.91 Å². The van der Waals surface area contributed by atoms with Crippen LogP contribution in [0.2, 0.25) is 0 Å². The molecule has 1 aliphatic heterocycles. The van der Waals surface area contributed by atoms with Gasteiger partial charge in [0.2, 0.25) is 6.79 Å². The number of amides is 1. The number of nitrogens with one attached hydrogen (secondary N) is 1. The molecular formula is C20H17FN2O4S. The molecule has 2 heterocycles. The summed E-state index contributed by atoms with van der Waals surface area (Å²) in [4.78, 5) is 16.8. The predicted molar refractivity (Wildman–Crippen MR) is 101 cm³/mol. The molecule has 1 N–H and O–H groups in total. The molecule has 8 heteroatoms. The summed E-state index contributed by atoms with van der Waals surface area (Å²) in [6, 6.07) is 11.1. The molecule has 1 atom stereocenters. The first-order chi connectivity index (χ1) is 13.6. The van der Waals surface area contributed by atoms with E-state index in [1.165, 1.54) is 23.5 Å². The molecule has 0 unspecified atom stereocenters. The Morgan fingerprint density at radius 2 is 2.04 bits per heavy atom. The van der Waals surface area contributed by atoms with Gasteiger partial charge in [-0.1, -0.05) is 6.07 Å². The van der Waals surface area contributed by atoms with Gasteiger partial charge >= 0.3 is 0 Å². The molecule has 1 aliphatic rings. The number of carbonyl (C=O) groups is 1. The van der Waals surface area contributed by atoms with E-state index < -0.39 is 0 Å². The monoisotopic (exact) mass is 400 g/mol. The molecule has 0 bridgehead atoms. The number of hydrogen-bond donors (Lipinski definition) is 1. The van der Waals surface area contributed by atoms with Gasteiger partial charge in [-0.05, 0) is 48.9 Å².